The highest BCUT2D eigenvalue weighted by Crippen LogP contribution is 2.37. The van der Waals surface area contributed by atoms with Crippen LogP contribution in [0, 0.1) is 0 Å². The summed E-state index contributed by atoms with van der Waals surface area (Å²) in [6.07, 6.45) is 4.10. The van der Waals surface area contributed by atoms with Crippen molar-refractivity contribution < 1.29 is 4.79 Å². The van der Waals surface area contributed by atoms with Crippen molar-refractivity contribution in [3.63, 3.8) is 0 Å². The van der Waals surface area contributed by atoms with Crippen molar-refractivity contribution in [1.82, 2.24) is 4.57 Å². The molecular weight excluding hydrogens is 358 g/mol. The summed E-state index contributed by atoms with van der Waals surface area (Å²) in [5.41, 5.74) is 3.85. The van der Waals surface area contributed by atoms with Crippen LogP contribution in [0.15, 0.2) is 89.4 Å². The minimum Gasteiger partial charge on any atom is -0.310 e. The molecule has 0 aliphatic rings. The maximum absolute atomic E-state index is 13.3. The lowest BCUT2D eigenvalue weighted by Gasteiger charge is -2.08. The Morgan fingerprint density at radius 2 is 1.62 bits per heavy atom. The SMILES string of the molecule is CSc1c(C(=O)c2cccs2)c(-c2ccccc2)cn1-c1ccccc1. The zero-order chi connectivity index (χ0) is 17.9. The van der Waals surface area contributed by atoms with Crippen molar-refractivity contribution >= 4 is 28.9 Å². The van der Waals surface area contributed by atoms with Crippen molar-refractivity contribution in [2.75, 3.05) is 6.26 Å². The standard InChI is InChI=1S/C22H17NOS2/c1-25-22-20(21(24)19-13-8-14-26-19)18(16-9-4-2-5-10-16)15-23(22)17-11-6-3-7-12-17/h2-15H,1H3. The second kappa shape index (κ2) is 7.36. The number of nitrogens with zero attached hydrogens (tertiary/aromatic N) is 1. The number of carbonyl (C=O) groups excluding carboxylic acids is 1. The molecule has 0 bridgehead atoms. The minimum atomic E-state index is 0.0814. The molecule has 0 aliphatic heterocycles. The first-order valence-electron chi connectivity index (χ1n) is 8.28. The third-order valence-electron chi connectivity index (χ3n) is 4.24. The molecule has 26 heavy (non-hydrogen) atoms. The molecule has 4 rings (SSSR count). The molecule has 2 heterocycles. The number of hydrogen-bond acceptors (Lipinski definition) is 3. The van der Waals surface area contributed by atoms with E-state index >= 15 is 0 Å². The zero-order valence-electron chi connectivity index (χ0n) is 14.3. The van der Waals surface area contributed by atoms with Gasteiger partial charge < -0.3 is 4.57 Å². The van der Waals surface area contributed by atoms with Crippen LogP contribution < -0.4 is 0 Å². The smallest absolute Gasteiger partial charge is 0.206 e. The summed E-state index contributed by atoms with van der Waals surface area (Å²) in [5.74, 6) is 0.0814. The number of ketones is 1. The fourth-order valence-electron chi connectivity index (χ4n) is 3.06. The van der Waals surface area contributed by atoms with E-state index in [1.165, 1.54) is 11.3 Å². The van der Waals surface area contributed by atoms with Crippen LogP contribution in [-0.4, -0.2) is 16.6 Å². The molecule has 2 aromatic heterocycles. The van der Waals surface area contributed by atoms with Gasteiger partial charge in [0.1, 0.15) is 0 Å². The Kier molecular flexibility index (Phi) is 4.78. The minimum absolute atomic E-state index is 0.0814. The van der Waals surface area contributed by atoms with Gasteiger partial charge in [-0.15, -0.1) is 23.1 Å². The topological polar surface area (TPSA) is 22.0 Å². The second-order valence-electron chi connectivity index (χ2n) is 5.81. The zero-order valence-corrected chi connectivity index (χ0v) is 15.9. The van der Waals surface area contributed by atoms with Crippen molar-refractivity contribution in [3.8, 4) is 16.8 Å². The van der Waals surface area contributed by atoms with Gasteiger partial charge in [-0.2, -0.15) is 0 Å². The summed E-state index contributed by atoms with van der Waals surface area (Å²) < 4.78 is 2.12. The molecule has 0 amide bonds. The lowest BCUT2D eigenvalue weighted by atomic mass is 10.0. The first-order valence-corrected chi connectivity index (χ1v) is 10.4. The van der Waals surface area contributed by atoms with Crippen LogP contribution in [0.5, 0.6) is 0 Å². The largest absolute Gasteiger partial charge is 0.310 e. The number of hydrogen-bond donors (Lipinski definition) is 0. The first-order chi connectivity index (χ1) is 12.8. The fourth-order valence-corrected chi connectivity index (χ4v) is 4.49. The van der Waals surface area contributed by atoms with Crippen LogP contribution in [0.25, 0.3) is 16.8 Å². The molecule has 0 saturated heterocycles. The molecule has 2 nitrogen and oxygen atoms in total. The molecule has 128 valence electrons. The molecule has 0 aliphatic carbocycles. The van der Waals surface area contributed by atoms with E-state index in [2.05, 4.69) is 35.0 Å². The van der Waals surface area contributed by atoms with Gasteiger partial charge >= 0.3 is 0 Å². The van der Waals surface area contributed by atoms with E-state index in [9.17, 15) is 4.79 Å². The average Bonchev–Trinajstić information content (AvgIpc) is 3.37. The van der Waals surface area contributed by atoms with E-state index in [-0.39, 0.29) is 5.78 Å². The monoisotopic (exact) mass is 375 g/mol. The van der Waals surface area contributed by atoms with Gasteiger partial charge in [-0.25, -0.2) is 0 Å². The Morgan fingerprint density at radius 3 is 2.23 bits per heavy atom. The number of thioether (sulfide) groups is 1. The van der Waals surface area contributed by atoms with Crippen molar-refractivity contribution in [2.45, 2.75) is 5.03 Å². The second-order valence-corrected chi connectivity index (χ2v) is 7.55. The number of benzene rings is 2. The Balaban J connectivity index is 1.98. The Bertz CT molecular complexity index is 1020. The van der Waals surface area contributed by atoms with E-state index < -0.39 is 0 Å². The third-order valence-corrected chi connectivity index (χ3v) is 5.90. The van der Waals surface area contributed by atoms with Crippen LogP contribution in [-0.2, 0) is 0 Å². The van der Waals surface area contributed by atoms with E-state index in [1.807, 2.05) is 60.2 Å². The Hall–Kier alpha value is -2.56. The van der Waals surface area contributed by atoms with Gasteiger partial charge in [-0.05, 0) is 35.4 Å². The number of thiophene rings is 1. The third kappa shape index (κ3) is 3.02. The van der Waals surface area contributed by atoms with Crippen LogP contribution >= 0.6 is 23.1 Å². The summed E-state index contributed by atoms with van der Waals surface area (Å²) in [4.78, 5) is 14.1. The van der Waals surface area contributed by atoms with E-state index in [1.54, 1.807) is 11.8 Å². The number of rotatable bonds is 5. The summed E-state index contributed by atoms with van der Waals surface area (Å²) >= 11 is 3.09. The molecule has 0 atom stereocenters. The molecule has 2 aromatic carbocycles. The molecule has 4 heteroatoms. The number of carbonyl (C=O) groups is 1. The van der Waals surface area contributed by atoms with Gasteiger partial charge in [0.05, 0.1) is 15.5 Å². The van der Waals surface area contributed by atoms with E-state index in [0.29, 0.717) is 0 Å². The molecular formula is C22H17NOS2. The fraction of sp³-hybridized carbons (Fsp3) is 0.0455. The van der Waals surface area contributed by atoms with Crippen LogP contribution in [0.2, 0.25) is 0 Å². The normalized spacial score (nSPS) is 10.8. The maximum Gasteiger partial charge on any atom is 0.206 e. The quantitative estimate of drug-likeness (QED) is 0.308. The Labute approximate surface area is 161 Å². The highest BCUT2D eigenvalue weighted by molar-refractivity contribution is 7.98. The van der Waals surface area contributed by atoms with Crippen molar-refractivity contribution in [3.05, 3.63) is 94.8 Å². The summed E-state index contributed by atoms with van der Waals surface area (Å²) in [6.45, 7) is 0. The molecule has 0 N–H and O–H groups in total. The molecule has 0 saturated carbocycles. The molecule has 0 spiro atoms. The average molecular weight is 376 g/mol. The van der Waals surface area contributed by atoms with Gasteiger partial charge in [0.15, 0.2) is 0 Å². The highest BCUT2D eigenvalue weighted by atomic mass is 32.2. The highest BCUT2D eigenvalue weighted by Gasteiger charge is 2.24. The van der Waals surface area contributed by atoms with Crippen molar-refractivity contribution in [1.29, 1.82) is 0 Å². The summed E-state index contributed by atoms with van der Waals surface area (Å²) in [5, 5.41) is 2.91. The summed E-state index contributed by atoms with van der Waals surface area (Å²) in [7, 11) is 0. The summed E-state index contributed by atoms with van der Waals surface area (Å²) in [6, 6.07) is 24.1. The lowest BCUT2D eigenvalue weighted by molar-refractivity contribution is 0.104. The van der Waals surface area contributed by atoms with Crippen LogP contribution in [0.1, 0.15) is 15.2 Å². The number of aromatic nitrogens is 1. The van der Waals surface area contributed by atoms with Crippen molar-refractivity contribution in [2.24, 2.45) is 0 Å². The van der Waals surface area contributed by atoms with E-state index in [0.717, 1.165) is 32.3 Å². The predicted molar refractivity (Wildman–Crippen MR) is 111 cm³/mol. The molecule has 0 radical (unpaired) electrons. The Morgan fingerprint density at radius 1 is 0.923 bits per heavy atom. The number of para-hydroxylation sites is 1. The maximum atomic E-state index is 13.3. The van der Waals surface area contributed by atoms with Crippen LogP contribution in [0.3, 0.4) is 0 Å². The van der Waals surface area contributed by atoms with E-state index in [4.69, 9.17) is 0 Å². The van der Waals surface area contributed by atoms with Gasteiger partial charge in [0.2, 0.25) is 5.78 Å². The molecule has 0 fully saturated rings. The van der Waals surface area contributed by atoms with Crippen LogP contribution in [0.4, 0.5) is 0 Å². The van der Waals surface area contributed by atoms with Gasteiger partial charge in [-0.1, -0.05) is 54.6 Å². The predicted octanol–water partition coefficient (Wildman–Crippen LogP) is 6.16. The first kappa shape index (κ1) is 16.9. The van der Waals surface area contributed by atoms with Gasteiger partial charge in [0, 0.05) is 17.4 Å². The van der Waals surface area contributed by atoms with Gasteiger partial charge in [0.25, 0.3) is 0 Å². The molecule has 4 aromatic rings. The van der Waals surface area contributed by atoms with Gasteiger partial charge in [-0.3, -0.25) is 4.79 Å². The lowest BCUT2D eigenvalue weighted by Crippen LogP contribution is -2.02. The molecule has 0 unspecified atom stereocenters.